The second kappa shape index (κ2) is 12.1. The summed E-state index contributed by atoms with van der Waals surface area (Å²) in [5.41, 5.74) is 5.59. The van der Waals surface area contributed by atoms with Crippen molar-refractivity contribution in [2.75, 3.05) is 4.90 Å². The Labute approximate surface area is 240 Å². The van der Waals surface area contributed by atoms with E-state index >= 15 is 0 Å². The van der Waals surface area contributed by atoms with Crippen LogP contribution < -0.4 is 10.2 Å². The lowest BCUT2D eigenvalue weighted by atomic mass is 9.88. The van der Waals surface area contributed by atoms with Crippen LogP contribution >= 0.6 is 0 Å². The Bertz CT molecular complexity index is 1550. The lowest BCUT2D eigenvalue weighted by Crippen LogP contribution is -2.49. The van der Waals surface area contributed by atoms with E-state index in [9.17, 15) is 14.7 Å². The highest BCUT2D eigenvalue weighted by Gasteiger charge is 2.32. The minimum absolute atomic E-state index is 0.0299. The molecular formula is C33H37N5O3. The fourth-order valence-corrected chi connectivity index (χ4v) is 5.75. The van der Waals surface area contributed by atoms with Crippen molar-refractivity contribution in [2.45, 2.75) is 70.6 Å². The van der Waals surface area contributed by atoms with E-state index in [4.69, 9.17) is 0 Å². The number of carbonyl (C=O) groups excluding carboxylic acids is 1. The summed E-state index contributed by atoms with van der Waals surface area (Å²) in [4.78, 5) is 25.5. The molecule has 0 unspecified atom stereocenters. The summed E-state index contributed by atoms with van der Waals surface area (Å²) in [7, 11) is 0. The lowest BCUT2D eigenvalue weighted by Gasteiger charge is -2.38. The van der Waals surface area contributed by atoms with Crippen LogP contribution in [0.2, 0.25) is 0 Å². The number of allylic oxidation sites excluding steroid dienone is 1. The highest BCUT2D eigenvalue weighted by Crippen LogP contribution is 2.37. The predicted molar refractivity (Wildman–Crippen MR) is 163 cm³/mol. The maximum Gasteiger partial charge on any atom is 0.412 e. The third-order valence-corrected chi connectivity index (χ3v) is 7.53. The molecule has 1 amide bonds. The van der Waals surface area contributed by atoms with Crippen LogP contribution in [0.15, 0.2) is 72.8 Å². The minimum atomic E-state index is -0.931. The smallest absolute Gasteiger partial charge is 0.412 e. The first kappa shape index (κ1) is 28.2. The molecule has 0 radical (unpaired) electrons. The van der Waals surface area contributed by atoms with Crippen molar-refractivity contribution in [1.82, 2.24) is 20.3 Å². The van der Waals surface area contributed by atoms with Gasteiger partial charge in [-0.05, 0) is 81.8 Å². The molecule has 1 saturated carbocycles. The molecule has 1 heterocycles. The van der Waals surface area contributed by atoms with Gasteiger partial charge in [-0.15, -0.1) is 5.10 Å². The van der Waals surface area contributed by atoms with Gasteiger partial charge in [0, 0.05) is 28.7 Å². The SMILES string of the molecule is CC(C)(C)NC1CCC(N(C(=O)O)c2cc(C=CCn3nnc4cc(C=O)ccc43)ccc2-c2ccccc2)CC1. The fourth-order valence-electron chi connectivity index (χ4n) is 5.75. The number of carbonyl (C=O) groups is 2. The zero-order chi connectivity index (χ0) is 29.0. The molecular weight excluding hydrogens is 514 g/mol. The van der Waals surface area contributed by atoms with Crippen LogP contribution in [0.4, 0.5) is 10.5 Å². The molecule has 1 fully saturated rings. The van der Waals surface area contributed by atoms with Crippen molar-refractivity contribution in [3.8, 4) is 11.1 Å². The Kier molecular flexibility index (Phi) is 8.31. The first-order chi connectivity index (χ1) is 19.7. The van der Waals surface area contributed by atoms with Gasteiger partial charge in [0.15, 0.2) is 0 Å². The van der Waals surface area contributed by atoms with Crippen LogP contribution in [0.5, 0.6) is 0 Å². The van der Waals surface area contributed by atoms with E-state index in [1.165, 1.54) is 0 Å². The molecule has 5 rings (SSSR count). The van der Waals surface area contributed by atoms with Gasteiger partial charge in [-0.25, -0.2) is 9.48 Å². The third kappa shape index (κ3) is 6.72. The highest BCUT2D eigenvalue weighted by atomic mass is 16.4. The summed E-state index contributed by atoms with van der Waals surface area (Å²) in [6, 6.07) is 21.6. The molecule has 0 spiro atoms. The van der Waals surface area contributed by atoms with Gasteiger partial charge in [-0.1, -0.05) is 59.8 Å². The first-order valence-electron chi connectivity index (χ1n) is 14.2. The number of nitrogens with one attached hydrogen (secondary N) is 1. The Balaban J connectivity index is 1.42. The van der Waals surface area contributed by atoms with Crippen molar-refractivity contribution >= 4 is 35.2 Å². The maximum absolute atomic E-state index is 12.8. The van der Waals surface area contributed by atoms with Crippen LogP contribution in [0.3, 0.4) is 0 Å². The molecule has 1 aromatic heterocycles. The molecule has 0 saturated heterocycles. The molecule has 8 heteroatoms. The number of aldehydes is 1. The van der Waals surface area contributed by atoms with Crippen LogP contribution in [0, 0.1) is 0 Å². The standard InChI is InChI=1S/C33H37N5O3/c1-33(2,3)34-26-13-15-27(16-14-26)38(32(40)41)31-21-23(11-17-28(31)25-9-5-4-6-10-25)8-7-19-37-30-18-12-24(22-39)20-29(30)35-36-37/h4-12,17-18,20-22,26-27,34H,13-16,19H2,1-3H3,(H,40,41). The normalized spacial score (nSPS) is 17.6. The van der Waals surface area contributed by atoms with E-state index in [2.05, 4.69) is 36.4 Å². The maximum atomic E-state index is 12.8. The molecule has 41 heavy (non-hydrogen) atoms. The Morgan fingerprint density at radius 3 is 2.44 bits per heavy atom. The van der Waals surface area contributed by atoms with E-state index in [1.807, 2.05) is 66.7 Å². The molecule has 3 aromatic carbocycles. The average molecular weight is 552 g/mol. The van der Waals surface area contributed by atoms with Crippen LogP contribution in [0.25, 0.3) is 28.2 Å². The second-order valence-electron chi connectivity index (χ2n) is 11.7. The fraction of sp³-hybridized carbons (Fsp3) is 0.333. The number of carboxylic acid groups (broad SMARTS) is 1. The number of amides is 1. The van der Waals surface area contributed by atoms with Crippen molar-refractivity contribution in [2.24, 2.45) is 0 Å². The molecule has 2 N–H and O–H groups in total. The second-order valence-corrected chi connectivity index (χ2v) is 11.7. The van der Waals surface area contributed by atoms with Crippen molar-refractivity contribution in [3.05, 3.63) is 83.9 Å². The topological polar surface area (TPSA) is 100 Å². The molecule has 0 bridgehead atoms. The van der Waals surface area contributed by atoms with Gasteiger partial charge < -0.3 is 10.4 Å². The number of hydrogen-bond acceptors (Lipinski definition) is 5. The van der Waals surface area contributed by atoms with Gasteiger partial charge >= 0.3 is 6.09 Å². The molecule has 1 aliphatic rings. The van der Waals surface area contributed by atoms with E-state index < -0.39 is 6.09 Å². The van der Waals surface area contributed by atoms with Gasteiger partial charge in [0.2, 0.25) is 0 Å². The molecule has 212 valence electrons. The number of hydrogen-bond donors (Lipinski definition) is 2. The number of benzene rings is 3. The van der Waals surface area contributed by atoms with Crippen LogP contribution in [0.1, 0.15) is 62.4 Å². The highest BCUT2D eigenvalue weighted by molar-refractivity contribution is 5.94. The summed E-state index contributed by atoms with van der Waals surface area (Å²) in [6.45, 7) is 6.99. The molecule has 0 aliphatic heterocycles. The van der Waals surface area contributed by atoms with E-state index in [1.54, 1.807) is 21.7 Å². The van der Waals surface area contributed by atoms with Gasteiger partial charge in [0.1, 0.15) is 11.8 Å². The van der Waals surface area contributed by atoms with Crippen molar-refractivity contribution in [1.29, 1.82) is 0 Å². The largest absolute Gasteiger partial charge is 0.465 e. The molecule has 8 nitrogen and oxygen atoms in total. The van der Waals surface area contributed by atoms with Crippen LogP contribution in [-0.2, 0) is 6.54 Å². The monoisotopic (exact) mass is 551 g/mol. The van der Waals surface area contributed by atoms with Gasteiger partial charge in [0.25, 0.3) is 0 Å². The summed E-state index contributed by atoms with van der Waals surface area (Å²) >= 11 is 0. The Hall–Kier alpha value is -4.30. The number of nitrogens with zero attached hydrogens (tertiary/aromatic N) is 4. The average Bonchev–Trinajstić information content (AvgIpc) is 3.36. The summed E-state index contributed by atoms with van der Waals surface area (Å²) < 4.78 is 1.77. The Morgan fingerprint density at radius 2 is 1.76 bits per heavy atom. The lowest BCUT2D eigenvalue weighted by molar-refractivity contribution is 0.112. The van der Waals surface area contributed by atoms with E-state index in [-0.39, 0.29) is 11.6 Å². The van der Waals surface area contributed by atoms with E-state index in [0.717, 1.165) is 54.2 Å². The minimum Gasteiger partial charge on any atom is -0.465 e. The van der Waals surface area contributed by atoms with Gasteiger partial charge in [-0.3, -0.25) is 9.69 Å². The predicted octanol–water partition coefficient (Wildman–Crippen LogP) is 6.81. The molecule has 4 aromatic rings. The molecule has 0 atom stereocenters. The summed E-state index contributed by atoms with van der Waals surface area (Å²) in [5, 5.41) is 22.6. The third-order valence-electron chi connectivity index (χ3n) is 7.53. The quantitative estimate of drug-likeness (QED) is 0.233. The number of aromatic nitrogens is 3. The van der Waals surface area contributed by atoms with Gasteiger partial charge in [-0.2, -0.15) is 0 Å². The van der Waals surface area contributed by atoms with Crippen LogP contribution in [-0.4, -0.2) is 50.1 Å². The summed E-state index contributed by atoms with van der Waals surface area (Å²) in [6.07, 6.45) is 7.31. The van der Waals surface area contributed by atoms with E-state index in [0.29, 0.717) is 29.4 Å². The number of anilines is 1. The Morgan fingerprint density at radius 1 is 1.02 bits per heavy atom. The molecule has 1 aliphatic carbocycles. The number of fused-ring (bicyclic) bond motifs is 1. The van der Waals surface area contributed by atoms with Gasteiger partial charge in [0.05, 0.1) is 17.7 Å². The zero-order valence-corrected chi connectivity index (χ0v) is 23.8. The first-order valence-corrected chi connectivity index (χ1v) is 14.2. The summed E-state index contributed by atoms with van der Waals surface area (Å²) in [5.74, 6) is 0. The zero-order valence-electron chi connectivity index (χ0n) is 23.8. The van der Waals surface area contributed by atoms with Crippen molar-refractivity contribution in [3.63, 3.8) is 0 Å². The van der Waals surface area contributed by atoms with Crippen molar-refractivity contribution < 1.29 is 14.7 Å². The number of rotatable bonds is 8.